The summed E-state index contributed by atoms with van der Waals surface area (Å²) in [6.07, 6.45) is 5.28. The van der Waals surface area contributed by atoms with Crippen molar-refractivity contribution in [3.05, 3.63) is 11.8 Å². The number of amides is 1. The number of nitrogens with two attached hydrogens (primary N) is 1. The minimum absolute atomic E-state index is 0.190. The van der Waals surface area contributed by atoms with E-state index in [1.165, 1.54) is 6.20 Å². The number of alkyl halides is 1. The molecule has 4 N–H and O–H groups in total. The van der Waals surface area contributed by atoms with Gasteiger partial charge in [-0.1, -0.05) is 13.3 Å². The fourth-order valence-electron chi connectivity index (χ4n) is 3.36. The van der Waals surface area contributed by atoms with Crippen LogP contribution in [0.3, 0.4) is 0 Å². The molecule has 0 aromatic carbocycles. The maximum Gasteiger partial charge on any atom is 0.254 e. The SMILES string of the molecule is CCCC1(Nc2ncc(C(N)=O)c(NC(C)(C)C)n2)CCC(F)CC1. The Kier molecular flexibility index (Phi) is 5.85. The van der Waals surface area contributed by atoms with Gasteiger partial charge in [0.1, 0.15) is 12.0 Å². The summed E-state index contributed by atoms with van der Waals surface area (Å²) < 4.78 is 13.6. The first-order valence-electron chi connectivity index (χ1n) is 9.01. The van der Waals surface area contributed by atoms with Crippen molar-refractivity contribution in [3.63, 3.8) is 0 Å². The van der Waals surface area contributed by atoms with E-state index in [1.54, 1.807) is 0 Å². The molecule has 6 nitrogen and oxygen atoms in total. The zero-order valence-electron chi connectivity index (χ0n) is 15.7. The molecule has 0 bridgehead atoms. The molecule has 140 valence electrons. The number of carbonyl (C=O) groups is 1. The van der Waals surface area contributed by atoms with Crippen molar-refractivity contribution < 1.29 is 9.18 Å². The molecule has 1 fully saturated rings. The van der Waals surface area contributed by atoms with Crippen LogP contribution in [0.15, 0.2) is 6.20 Å². The Labute approximate surface area is 149 Å². The van der Waals surface area contributed by atoms with Gasteiger partial charge in [0.25, 0.3) is 5.91 Å². The number of halogens is 1. The lowest BCUT2D eigenvalue weighted by atomic mass is 9.78. The van der Waals surface area contributed by atoms with Crippen molar-refractivity contribution in [2.24, 2.45) is 5.73 Å². The first-order valence-corrected chi connectivity index (χ1v) is 9.01. The van der Waals surface area contributed by atoms with E-state index in [0.717, 1.165) is 25.7 Å². The molecule has 0 spiro atoms. The second-order valence-electron chi connectivity index (χ2n) is 8.03. The van der Waals surface area contributed by atoms with Crippen LogP contribution in [0.1, 0.15) is 76.6 Å². The molecular formula is C18H30FN5O. The highest BCUT2D eigenvalue weighted by atomic mass is 19.1. The van der Waals surface area contributed by atoms with Gasteiger partial charge in [-0.25, -0.2) is 9.37 Å². The molecule has 1 saturated carbocycles. The van der Waals surface area contributed by atoms with E-state index in [-0.39, 0.29) is 16.6 Å². The number of hydrogen-bond donors (Lipinski definition) is 3. The Morgan fingerprint density at radius 2 is 2.04 bits per heavy atom. The number of anilines is 2. The van der Waals surface area contributed by atoms with Crippen LogP contribution >= 0.6 is 0 Å². The molecule has 0 atom stereocenters. The predicted octanol–water partition coefficient (Wildman–Crippen LogP) is 3.65. The summed E-state index contributed by atoms with van der Waals surface area (Å²) >= 11 is 0. The van der Waals surface area contributed by atoms with E-state index >= 15 is 0 Å². The van der Waals surface area contributed by atoms with Crippen LogP contribution in [0.2, 0.25) is 0 Å². The van der Waals surface area contributed by atoms with Gasteiger partial charge in [0, 0.05) is 17.3 Å². The molecule has 1 aliphatic carbocycles. The lowest BCUT2D eigenvalue weighted by Gasteiger charge is -2.39. The van der Waals surface area contributed by atoms with Gasteiger partial charge in [0.2, 0.25) is 5.95 Å². The largest absolute Gasteiger partial charge is 0.365 e. The minimum Gasteiger partial charge on any atom is -0.365 e. The number of nitrogens with zero attached hydrogens (tertiary/aromatic N) is 2. The summed E-state index contributed by atoms with van der Waals surface area (Å²) in [6.45, 7) is 8.06. The maximum absolute atomic E-state index is 13.6. The average Bonchev–Trinajstić information content (AvgIpc) is 2.49. The van der Waals surface area contributed by atoms with Gasteiger partial charge in [-0.05, 0) is 52.9 Å². The molecule has 1 heterocycles. The molecule has 0 aliphatic heterocycles. The third kappa shape index (κ3) is 5.28. The summed E-state index contributed by atoms with van der Waals surface area (Å²) in [5.41, 5.74) is 5.23. The number of primary amides is 1. The molecule has 25 heavy (non-hydrogen) atoms. The van der Waals surface area contributed by atoms with Gasteiger partial charge in [-0.15, -0.1) is 0 Å². The lowest BCUT2D eigenvalue weighted by molar-refractivity contribution is 0.100. The molecule has 2 rings (SSSR count). The van der Waals surface area contributed by atoms with Gasteiger partial charge in [-0.2, -0.15) is 4.98 Å². The van der Waals surface area contributed by atoms with Crippen LogP contribution in [0.25, 0.3) is 0 Å². The highest BCUT2D eigenvalue weighted by Gasteiger charge is 2.35. The van der Waals surface area contributed by atoms with Crippen molar-refractivity contribution in [2.45, 2.75) is 83.5 Å². The van der Waals surface area contributed by atoms with E-state index in [0.29, 0.717) is 24.6 Å². The van der Waals surface area contributed by atoms with Crippen LogP contribution in [-0.4, -0.2) is 33.1 Å². The van der Waals surface area contributed by atoms with E-state index < -0.39 is 12.1 Å². The second kappa shape index (κ2) is 7.54. The third-order valence-electron chi connectivity index (χ3n) is 4.53. The Morgan fingerprint density at radius 3 is 2.56 bits per heavy atom. The van der Waals surface area contributed by atoms with Crippen molar-refractivity contribution in [1.82, 2.24) is 9.97 Å². The van der Waals surface area contributed by atoms with Gasteiger partial charge >= 0.3 is 0 Å². The lowest BCUT2D eigenvalue weighted by Crippen LogP contribution is -2.43. The van der Waals surface area contributed by atoms with E-state index in [1.807, 2.05) is 20.8 Å². The molecule has 0 saturated heterocycles. The summed E-state index contributed by atoms with van der Waals surface area (Å²) in [5, 5.41) is 6.64. The zero-order valence-corrected chi connectivity index (χ0v) is 15.7. The normalized spacial score (nSPS) is 24.0. The fourth-order valence-corrected chi connectivity index (χ4v) is 3.36. The molecule has 1 amide bonds. The van der Waals surface area contributed by atoms with Gasteiger partial charge in [0.05, 0.1) is 5.56 Å². The Morgan fingerprint density at radius 1 is 1.40 bits per heavy atom. The third-order valence-corrected chi connectivity index (χ3v) is 4.53. The van der Waals surface area contributed by atoms with Crippen LogP contribution < -0.4 is 16.4 Å². The summed E-state index contributed by atoms with van der Waals surface area (Å²) in [6, 6.07) is 0. The first kappa shape index (κ1) is 19.4. The van der Waals surface area contributed by atoms with E-state index in [9.17, 15) is 9.18 Å². The Hall–Kier alpha value is -1.92. The number of carbonyl (C=O) groups excluding carboxylic acids is 1. The molecule has 0 radical (unpaired) electrons. The standard InChI is InChI=1S/C18H30FN5O/c1-5-8-18(9-6-12(19)7-10-18)24-16-21-11-13(14(20)25)15(22-16)23-17(2,3)4/h11-12H,5-10H2,1-4H3,(H2,20,25)(H2,21,22,23,24). The maximum atomic E-state index is 13.6. The molecule has 0 unspecified atom stereocenters. The molecule has 1 aliphatic rings. The number of aromatic nitrogens is 2. The molecule has 1 aromatic heterocycles. The topological polar surface area (TPSA) is 92.9 Å². The van der Waals surface area contributed by atoms with Crippen molar-refractivity contribution >= 4 is 17.7 Å². The van der Waals surface area contributed by atoms with E-state index in [2.05, 4.69) is 27.5 Å². The van der Waals surface area contributed by atoms with Gasteiger partial charge < -0.3 is 16.4 Å². The Bertz CT molecular complexity index is 606. The van der Waals surface area contributed by atoms with Crippen LogP contribution in [0.4, 0.5) is 16.2 Å². The van der Waals surface area contributed by atoms with Gasteiger partial charge in [-0.3, -0.25) is 4.79 Å². The van der Waals surface area contributed by atoms with Crippen LogP contribution in [0, 0.1) is 0 Å². The zero-order chi connectivity index (χ0) is 18.7. The Balaban J connectivity index is 2.28. The fraction of sp³-hybridized carbons (Fsp3) is 0.722. The summed E-state index contributed by atoms with van der Waals surface area (Å²) in [7, 11) is 0. The molecular weight excluding hydrogens is 321 g/mol. The highest BCUT2D eigenvalue weighted by Crippen LogP contribution is 2.36. The van der Waals surface area contributed by atoms with Crippen molar-refractivity contribution in [3.8, 4) is 0 Å². The monoisotopic (exact) mass is 351 g/mol. The summed E-state index contributed by atoms with van der Waals surface area (Å²) in [5.74, 6) is 0.297. The first-order chi connectivity index (χ1) is 11.6. The predicted molar refractivity (Wildman–Crippen MR) is 98.6 cm³/mol. The van der Waals surface area contributed by atoms with Crippen molar-refractivity contribution in [1.29, 1.82) is 0 Å². The quantitative estimate of drug-likeness (QED) is 0.727. The molecule has 7 heteroatoms. The number of nitrogens with one attached hydrogen (secondary N) is 2. The smallest absolute Gasteiger partial charge is 0.254 e. The highest BCUT2D eigenvalue weighted by molar-refractivity contribution is 5.97. The van der Waals surface area contributed by atoms with Crippen LogP contribution in [-0.2, 0) is 0 Å². The minimum atomic E-state index is -0.719. The number of rotatable bonds is 6. The average molecular weight is 351 g/mol. The van der Waals surface area contributed by atoms with Crippen molar-refractivity contribution in [2.75, 3.05) is 10.6 Å². The van der Waals surface area contributed by atoms with Crippen LogP contribution in [0.5, 0.6) is 0 Å². The van der Waals surface area contributed by atoms with E-state index in [4.69, 9.17) is 5.73 Å². The van der Waals surface area contributed by atoms with Gasteiger partial charge in [0.15, 0.2) is 0 Å². The molecule has 1 aromatic rings. The summed E-state index contributed by atoms with van der Waals surface area (Å²) in [4.78, 5) is 20.4. The number of hydrogen-bond acceptors (Lipinski definition) is 5. The second-order valence-corrected chi connectivity index (χ2v) is 8.03.